The first-order valence-corrected chi connectivity index (χ1v) is 8.60. The lowest BCUT2D eigenvalue weighted by Gasteiger charge is -2.10. The lowest BCUT2D eigenvalue weighted by atomic mass is 10.2. The summed E-state index contributed by atoms with van der Waals surface area (Å²) in [5, 5.41) is 11.6. The monoisotopic (exact) mass is 391 g/mol. The second-order valence-electron chi connectivity index (χ2n) is 5.16. The molecule has 0 spiro atoms. The molecule has 0 atom stereocenters. The molecule has 2 aromatic carbocycles. The maximum absolute atomic E-state index is 12.2. The van der Waals surface area contributed by atoms with Crippen molar-refractivity contribution in [3.63, 3.8) is 0 Å². The fraction of sp³-hybridized carbons (Fsp3) is 0.111. The van der Waals surface area contributed by atoms with Crippen molar-refractivity contribution in [2.75, 3.05) is 0 Å². The van der Waals surface area contributed by atoms with Gasteiger partial charge < -0.3 is 4.74 Å². The van der Waals surface area contributed by atoms with E-state index in [-0.39, 0.29) is 32.6 Å². The first-order valence-electron chi connectivity index (χ1n) is 7.40. The van der Waals surface area contributed by atoms with Gasteiger partial charge in [-0.25, -0.2) is 4.79 Å². The van der Waals surface area contributed by atoms with Gasteiger partial charge in [0.15, 0.2) is 5.78 Å². The van der Waals surface area contributed by atoms with Crippen molar-refractivity contribution in [3.8, 4) is 0 Å². The van der Waals surface area contributed by atoms with Crippen LogP contribution in [0, 0.1) is 10.1 Å². The Kier molecular flexibility index (Phi) is 6.54. The number of ketones is 1. The van der Waals surface area contributed by atoms with Crippen LogP contribution in [0.25, 0.3) is 0 Å². The van der Waals surface area contributed by atoms with Gasteiger partial charge in [-0.1, -0.05) is 35.5 Å². The SMILES string of the molecule is CC(=O)/C(Sc1ccccc1[N+](=O)[O-])=C(/C)OC(=O)c1ccc(Cl)cc1. The highest BCUT2D eigenvalue weighted by molar-refractivity contribution is 8.04. The van der Waals surface area contributed by atoms with Crippen LogP contribution in [0.2, 0.25) is 5.02 Å². The molecule has 0 aromatic heterocycles. The highest BCUT2D eigenvalue weighted by atomic mass is 35.5. The second kappa shape index (κ2) is 8.64. The number of Topliss-reactive ketones (excluding diaryl/α,β-unsaturated/α-hetero) is 1. The largest absolute Gasteiger partial charge is 0.426 e. The van der Waals surface area contributed by atoms with Gasteiger partial charge in [0.25, 0.3) is 5.69 Å². The molecule has 0 aliphatic heterocycles. The Morgan fingerprint density at radius 2 is 1.69 bits per heavy atom. The van der Waals surface area contributed by atoms with Crippen molar-refractivity contribution in [1.29, 1.82) is 0 Å². The van der Waals surface area contributed by atoms with Crippen LogP contribution in [-0.2, 0) is 9.53 Å². The number of nitro benzene ring substituents is 1. The number of esters is 1. The molecule has 2 aromatic rings. The Morgan fingerprint density at radius 3 is 2.27 bits per heavy atom. The molecule has 0 saturated heterocycles. The summed E-state index contributed by atoms with van der Waals surface area (Å²) >= 11 is 6.67. The maximum atomic E-state index is 12.2. The number of para-hydroxylation sites is 1. The average Bonchev–Trinajstić information content (AvgIpc) is 2.59. The van der Waals surface area contributed by atoms with Gasteiger partial charge in [-0.3, -0.25) is 14.9 Å². The lowest BCUT2D eigenvalue weighted by Crippen LogP contribution is -2.07. The van der Waals surface area contributed by atoms with Crippen molar-refractivity contribution < 1.29 is 19.2 Å². The third-order valence-electron chi connectivity index (χ3n) is 3.24. The number of hydrogen-bond donors (Lipinski definition) is 0. The first-order chi connectivity index (χ1) is 12.3. The van der Waals surface area contributed by atoms with E-state index in [0.717, 1.165) is 11.8 Å². The molecule has 0 aliphatic carbocycles. The Hall–Kier alpha value is -2.64. The molecule has 2 rings (SSSR count). The minimum atomic E-state index is -0.652. The van der Waals surface area contributed by atoms with Gasteiger partial charge in [0, 0.05) is 11.1 Å². The predicted octanol–water partition coefficient (Wildman–Crippen LogP) is 5.02. The molecule has 0 saturated carbocycles. The number of benzene rings is 2. The molecule has 26 heavy (non-hydrogen) atoms. The smallest absolute Gasteiger partial charge is 0.343 e. The van der Waals surface area contributed by atoms with Gasteiger partial charge in [0.1, 0.15) is 5.76 Å². The molecular weight excluding hydrogens is 378 g/mol. The third-order valence-corrected chi connectivity index (χ3v) is 4.84. The summed E-state index contributed by atoms with van der Waals surface area (Å²) in [7, 11) is 0. The Labute approximate surface area is 159 Å². The van der Waals surface area contributed by atoms with Crippen molar-refractivity contribution in [3.05, 3.63) is 79.9 Å². The van der Waals surface area contributed by atoms with Gasteiger partial charge in [0.2, 0.25) is 0 Å². The molecule has 6 nitrogen and oxygen atoms in total. The summed E-state index contributed by atoms with van der Waals surface area (Å²) in [5.74, 6) is -0.948. The van der Waals surface area contributed by atoms with Gasteiger partial charge in [-0.2, -0.15) is 0 Å². The molecule has 0 amide bonds. The normalized spacial score (nSPS) is 11.5. The quantitative estimate of drug-likeness (QED) is 0.172. The fourth-order valence-electron chi connectivity index (χ4n) is 2.03. The number of rotatable bonds is 6. The van der Waals surface area contributed by atoms with Crippen LogP contribution in [0.3, 0.4) is 0 Å². The van der Waals surface area contributed by atoms with Gasteiger partial charge in [-0.15, -0.1) is 0 Å². The average molecular weight is 392 g/mol. The number of halogens is 1. The molecule has 0 N–H and O–H groups in total. The van der Waals surface area contributed by atoms with Crippen LogP contribution in [0.4, 0.5) is 5.69 Å². The van der Waals surface area contributed by atoms with E-state index in [4.69, 9.17) is 16.3 Å². The molecule has 0 unspecified atom stereocenters. The maximum Gasteiger partial charge on any atom is 0.343 e. The Morgan fingerprint density at radius 1 is 1.08 bits per heavy atom. The van der Waals surface area contributed by atoms with Crippen molar-refractivity contribution in [2.24, 2.45) is 0 Å². The standard InChI is InChI=1S/C18H14ClNO5S/c1-11(21)17(26-16-6-4-3-5-15(16)20(23)24)12(2)25-18(22)13-7-9-14(19)10-8-13/h3-10H,1-2H3/b17-12+. The minimum absolute atomic E-state index is 0.0700. The van der Waals surface area contributed by atoms with Crippen molar-refractivity contribution in [2.45, 2.75) is 18.7 Å². The van der Waals surface area contributed by atoms with E-state index in [1.165, 1.54) is 44.2 Å². The Bertz CT molecular complexity index is 893. The molecule has 0 radical (unpaired) electrons. The first kappa shape index (κ1) is 19.7. The number of carbonyl (C=O) groups is 2. The van der Waals surface area contributed by atoms with E-state index in [2.05, 4.69) is 0 Å². The second-order valence-corrected chi connectivity index (χ2v) is 6.65. The lowest BCUT2D eigenvalue weighted by molar-refractivity contribution is -0.387. The van der Waals surface area contributed by atoms with Gasteiger partial charge in [-0.05, 0) is 44.2 Å². The van der Waals surface area contributed by atoms with E-state index >= 15 is 0 Å². The van der Waals surface area contributed by atoms with E-state index < -0.39 is 10.9 Å². The molecule has 0 bridgehead atoms. The van der Waals surface area contributed by atoms with Crippen LogP contribution in [0.1, 0.15) is 24.2 Å². The van der Waals surface area contributed by atoms with E-state index in [1.54, 1.807) is 18.2 Å². The van der Waals surface area contributed by atoms with Crippen LogP contribution < -0.4 is 0 Å². The highest BCUT2D eigenvalue weighted by Gasteiger charge is 2.20. The molecule has 8 heteroatoms. The molecule has 134 valence electrons. The zero-order valence-electron chi connectivity index (χ0n) is 13.9. The number of ether oxygens (including phenoxy) is 1. The summed E-state index contributed by atoms with van der Waals surface area (Å²) in [6.07, 6.45) is 0. The number of nitro groups is 1. The topological polar surface area (TPSA) is 86.5 Å². The van der Waals surface area contributed by atoms with E-state index in [9.17, 15) is 19.7 Å². The third kappa shape index (κ3) is 4.93. The predicted molar refractivity (Wildman–Crippen MR) is 99.2 cm³/mol. The summed E-state index contributed by atoms with van der Waals surface area (Å²) in [6.45, 7) is 2.77. The molecular formula is C18H14ClNO5S. The molecule has 0 aliphatic rings. The van der Waals surface area contributed by atoms with Crippen LogP contribution in [-0.4, -0.2) is 16.7 Å². The van der Waals surface area contributed by atoms with Gasteiger partial charge in [0.05, 0.1) is 20.3 Å². The summed E-state index contributed by atoms with van der Waals surface area (Å²) in [6, 6.07) is 12.1. The number of thioether (sulfide) groups is 1. The molecule has 0 heterocycles. The minimum Gasteiger partial charge on any atom is -0.426 e. The number of nitrogens with zero attached hydrogens (tertiary/aromatic N) is 1. The van der Waals surface area contributed by atoms with E-state index in [0.29, 0.717) is 5.02 Å². The van der Waals surface area contributed by atoms with Crippen molar-refractivity contribution >= 4 is 40.8 Å². The van der Waals surface area contributed by atoms with Crippen LogP contribution in [0.15, 0.2) is 64.1 Å². The fourth-order valence-corrected chi connectivity index (χ4v) is 3.09. The van der Waals surface area contributed by atoms with E-state index in [1.807, 2.05) is 0 Å². The summed E-state index contributed by atoms with van der Waals surface area (Å²) in [5.41, 5.74) is 0.139. The summed E-state index contributed by atoms with van der Waals surface area (Å²) < 4.78 is 5.26. The molecule has 0 fully saturated rings. The Balaban J connectivity index is 2.30. The van der Waals surface area contributed by atoms with Crippen molar-refractivity contribution in [1.82, 2.24) is 0 Å². The van der Waals surface area contributed by atoms with Gasteiger partial charge >= 0.3 is 5.97 Å². The van der Waals surface area contributed by atoms with Crippen LogP contribution >= 0.6 is 23.4 Å². The zero-order valence-corrected chi connectivity index (χ0v) is 15.5. The zero-order chi connectivity index (χ0) is 19.3. The highest BCUT2D eigenvalue weighted by Crippen LogP contribution is 2.36. The number of hydrogen-bond acceptors (Lipinski definition) is 6. The van der Waals surface area contributed by atoms with Crippen LogP contribution in [0.5, 0.6) is 0 Å². The number of allylic oxidation sites excluding steroid dienone is 2. The number of carbonyl (C=O) groups excluding carboxylic acids is 2. The summed E-state index contributed by atoms with van der Waals surface area (Å²) in [4.78, 5) is 35.2.